The van der Waals surface area contributed by atoms with Gasteiger partial charge in [-0.3, -0.25) is 24.1 Å². The number of phenolic OH excluding ortho intramolecular Hbond substituents is 1. The van der Waals surface area contributed by atoms with Gasteiger partial charge in [0.25, 0.3) is 5.91 Å². The molecule has 4 aliphatic rings. The molecule has 13 heteroatoms. The predicted molar refractivity (Wildman–Crippen MR) is 175 cm³/mol. The maximum atomic E-state index is 14.3. The molecule has 256 valence electrons. The first-order chi connectivity index (χ1) is 21.8. The van der Waals surface area contributed by atoms with Crippen molar-refractivity contribution in [2.75, 3.05) is 58.0 Å². The number of allylic oxidation sites excluding steroid dienone is 1. The van der Waals surface area contributed by atoms with Crippen molar-refractivity contribution < 1.29 is 39.6 Å². The number of carbonyl (C=O) groups excluding carboxylic acids is 4. The second kappa shape index (κ2) is 11.9. The van der Waals surface area contributed by atoms with Crippen molar-refractivity contribution in [3.63, 3.8) is 0 Å². The van der Waals surface area contributed by atoms with Crippen LogP contribution in [0.1, 0.15) is 56.0 Å². The molecule has 1 aromatic carbocycles. The van der Waals surface area contributed by atoms with Gasteiger partial charge in [0, 0.05) is 43.7 Å². The molecular weight excluding hydrogens is 606 g/mol. The first-order valence-electron chi connectivity index (χ1n) is 16.0. The molecule has 47 heavy (non-hydrogen) atoms. The molecule has 1 aromatic rings. The number of amides is 2. The van der Waals surface area contributed by atoms with Crippen molar-refractivity contribution in [1.82, 2.24) is 9.80 Å². The molecule has 3 aliphatic carbocycles. The Morgan fingerprint density at radius 2 is 1.70 bits per heavy atom. The normalized spacial score (nSPS) is 27.0. The Morgan fingerprint density at radius 3 is 2.23 bits per heavy atom. The fourth-order valence-electron chi connectivity index (χ4n) is 8.05. The van der Waals surface area contributed by atoms with E-state index in [4.69, 9.17) is 5.73 Å². The van der Waals surface area contributed by atoms with Gasteiger partial charge < -0.3 is 41.3 Å². The van der Waals surface area contributed by atoms with Gasteiger partial charge in [-0.2, -0.15) is 0 Å². The zero-order valence-corrected chi connectivity index (χ0v) is 28.2. The zero-order chi connectivity index (χ0) is 34.9. The highest BCUT2D eigenvalue weighted by atomic mass is 16.3. The fourth-order valence-corrected chi connectivity index (χ4v) is 8.05. The molecule has 1 fully saturated rings. The van der Waals surface area contributed by atoms with Gasteiger partial charge in [-0.05, 0) is 75.8 Å². The summed E-state index contributed by atoms with van der Waals surface area (Å²) in [6.07, 6.45) is 1.44. The van der Waals surface area contributed by atoms with Crippen molar-refractivity contribution in [3.8, 4) is 5.75 Å². The molecule has 13 nitrogen and oxygen atoms in total. The van der Waals surface area contributed by atoms with E-state index in [2.05, 4.69) is 31.0 Å². The third-order valence-electron chi connectivity index (χ3n) is 10.1. The van der Waals surface area contributed by atoms with Gasteiger partial charge in [-0.1, -0.05) is 20.8 Å². The Hall–Kier alpha value is -3.94. The zero-order valence-electron chi connectivity index (χ0n) is 28.2. The van der Waals surface area contributed by atoms with Crippen LogP contribution in [0.15, 0.2) is 28.7 Å². The number of piperidine rings is 1. The Balaban J connectivity index is 1.53. The maximum Gasteiger partial charge on any atom is 0.255 e. The molecule has 0 saturated carbocycles. The van der Waals surface area contributed by atoms with Crippen molar-refractivity contribution >= 4 is 34.8 Å². The van der Waals surface area contributed by atoms with Crippen LogP contribution in [0, 0.1) is 23.2 Å². The predicted octanol–water partition coefficient (Wildman–Crippen LogP) is 1.88. The Morgan fingerprint density at radius 1 is 1.09 bits per heavy atom. The summed E-state index contributed by atoms with van der Waals surface area (Å²) in [6, 6.07) is 0.558. The average molecular weight is 654 g/mol. The number of nitrogens with zero attached hydrogens (tertiary/aromatic N) is 3. The van der Waals surface area contributed by atoms with Crippen molar-refractivity contribution in [2.24, 2.45) is 28.9 Å². The number of ketones is 2. The van der Waals surface area contributed by atoms with Gasteiger partial charge in [0.1, 0.15) is 17.1 Å². The number of aromatic hydroxyl groups is 1. The Labute approximate surface area is 274 Å². The first kappa shape index (κ1) is 34.4. The molecule has 2 amide bonds. The lowest BCUT2D eigenvalue weighted by Crippen LogP contribution is -2.63. The van der Waals surface area contributed by atoms with Gasteiger partial charge in [0.15, 0.2) is 17.1 Å². The number of carbonyl (C=O) groups is 4. The van der Waals surface area contributed by atoms with E-state index in [1.807, 2.05) is 0 Å². The van der Waals surface area contributed by atoms with Crippen molar-refractivity contribution in [2.45, 2.75) is 58.1 Å². The number of nitrogens with two attached hydrogens (primary N) is 1. The number of aliphatic hydroxyl groups is 3. The molecule has 4 atom stereocenters. The minimum absolute atomic E-state index is 0.00814. The van der Waals surface area contributed by atoms with E-state index in [9.17, 15) is 39.6 Å². The van der Waals surface area contributed by atoms with Crippen LogP contribution in [0.3, 0.4) is 0 Å². The van der Waals surface area contributed by atoms with Gasteiger partial charge in [0.2, 0.25) is 11.7 Å². The van der Waals surface area contributed by atoms with E-state index >= 15 is 0 Å². The number of fused-ring (bicyclic) bond motifs is 3. The second-order valence-electron chi connectivity index (χ2n) is 15.1. The van der Waals surface area contributed by atoms with E-state index < -0.39 is 63.8 Å². The van der Waals surface area contributed by atoms with Crippen molar-refractivity contribution in [3.05, 3.63) is 39.9 Å². The number of nitrogens with one attached hydrogen (secondary N) is 1. The summed E-state index contributed by atoms with van der Waals surface area (Å²) >= 11 is 0. The summed E-state index contributed by atoms with van der Waals surface area (Å²) in [5, 5.41) is 48.8. The number of hydrogen-bond acceptors (Lipinski definition) is 11. The molecule has 1 heterocycles. The van der Waals surface area contributed by atoms with Crippen molar-refractivity contribution in [1.29, 1.82) is 0 Å². The van der Waals surface area contributed by atoms with E-state index in [1.54, 1.807) is 39.2 Å². The van der Waals surface area contributed by atoms with Gasteiger partial charge >= 0.3 is 0 Å². The largest absolute Gasteiger partial charge is 0.510 e. The average Bonchev–Trinajstić information content (AvgIpc) is 2.95. The SMILES string of the molecule is CN(C)c1cc(NC(=O)C2CCN(CC(C)(C)C)CC2)c(O)c2c1C[C@H]1C[C@H]3[C@H](N(C)C)C(O)=C(C(N)=O)C(=O)[C@@]3(O)C(O)=C1C2=O. The highest BCUT2D eigenvalue weighted by Crippen LogP contribution is 2.54. The third-order valence-corrected chi connectivity index (χ3v) is 10.1. The number of benzene rings is 1. The number of likely N-dealkylation sites (tertiary alicyclic amines) is 1. The van der Waals surface area contributed by atoms with E-state index in [1.165, 1.54) is 4.90 Å². The molecule has 1 aliphatic heterocycles. The van der Waals surface area contributed by atoms with Crippen LogP contribution in [0.5, 0.6) is 5.75 Å². The number of Topliss-reactive ketones (excluding diaryl/α,β-unsaturated/α-hetero) is 2. The highest BCUT2D eigenvalue weighted by Gasteiger charge is 2.63. The quantitative estimate of drug-likeness (QED) is 0.194. The monoisotopic (exact) mass is 653 g/mol. The maximum absolute atomic E-state index is 14.3. The molecule has 0 unspecified atom stereocenters. The van der Waals surface area contributed by atoms with Crippen LogP contribution in [0.2, 0.25) is 0 Å². The molecule has 1 saturated heterocycles. The van der Waals surface area contributed by atoms with Crippen LogP contribution >= 0.6 is 0 Å². The molecule has 0 bridgehead atoms. The number of aliphatic hydroxyl groups excluding tert-OH is 2. The second-order valence-corrected chi connectivity index (χ2v) is 15.1. The summed E-state index contributed by atoms with van der Waals surface area (Å²) in [6.45, 7) is 8.97. The molecule has 5 rings (SSSR count). The number of rotatable bonds is 6. The fraction of sp³-hybridized carbons (Fsp3) is 0.588. The lowest BCUT2D eigenvalue weighted by atomic mass is 9.58. The van der Waals surface area contributed by atoms with E-state index in [-0.39, 0.29) is 46.9 Å². The van der Waals surface area contributed by atoms with Crippen LogP contribution in [0.25, 0.3) is 0 Å². The van der Waals surface area contributed by atoms with Crippen LogP contribution in [-0.4, -0.2) is 113 Å². The molecule has 0 spiro atoms. The topological polar surface area (TPSA) is 197 Å². The van der Waals surface area contributed by atoms with Gasteiger partial charge in [0.05, 0.1) is 17.3 Å². The number of phenols is 1. The number of anilines is 2. The summed E-state index contributed by atoms with van der Waals surface area (Å²) in [5.74, 6) is -7.76. The Kier molecular flexibility index (Phi) is 8.74. The van der Waals surface area contributed by atoms with Crippen LogP contribution < -0.4 is 16.0 Å². The molecule has 7 N–H and O–H groups in total. The lowest BCUT2D eigenvalue weighted by Gasteiger charge is -2.50. The van der Waals surface area contributed by atoms with E-state index in [0.29, 0.717) is 24.1 Å². The summed E-state index contributed by atoms with van der Waals surface area (Å²) in [4.78, 5) is 59.1. The first-order valence-corrected chi connectivity index (χ1v) is 16.0. The smallest absolute Gasteiger partial charge is 0.255 e. The van der Waals surface area contributed by atoms with E-state index in [0.717, 1.165) is 19.6 Å². The van der Waals surface area contributed by atoms with Crippen LogP contribution in [-0.2, 0) is 20.8 Å². The highest BCUT2D eigenvalue weighted by molar-refractivity contribution is 6.25. The number of primary amides is 1. The molecule has 0 aromatic heterocycles. The minimum Gasteiger partial charge on any atom is -0.510 e. The number of hydrogen-bond donors (Lipinski definition) is 6. The van der Waals surface area contributed by atoms with Gasteiger partial charge in [-0.15, -0.1) is 0 Å². The summed E-state index contributed by atoms with van der Waals surface area (Å²) < 4.78 is 0. The Bertz CT molecular complexity index is 1600. The van der Waals surface area contributed by atoms with Crippen LogP contribution in [0.4, 0.5) is 11.4 Å². The minimum atomic E-state index is -2.72. The molecule has 0 radical (unpaired) electrons. The van der Waals surface area contributed by atoms with Gasteiger partial charge in [-0.25, -0.2) is 0 Å². The standard InChI is InChI=1S/C34H47N5O8/c1-33(2,3)15-39-10-8-16(9-11-39)32(46)36-20-14-21(37(4)5)18-12-17-13-19-25(38(6)7)28(42)24(31(35)45)30(44)34(19,47)29(43)22(17)27(41)23(18)26(20)40/h14,16-17,19,25,40,42-43,47H,8-13,15H2,1-7H3,(H2,35,45)(H,36,46)/t17-,19-,25-,34-/m0/s1. The summed E-state index contributed by atoms with van der Waals surface area (Å²) in [5.41, 5.74) is 2.68. The lowest BCUT2D eigenvalue weighted by molar-refractivity contribution is -0.148. The molecular formula is C34H47N5O8. The summed E-state index contributed by atoms with van der Waals surface area (Å²) in [7, 11) is 6.71. The third kappa shape index (κ3) is 5.67. The number of likely N-dealkylation sites (N-methyl/N-ethyl adjacent to an activating group) is 1.